The fraction of sp³-hybridized carbons (Fsp3) is 0.857. The zero-order valence-corrected chi connectivity index (χ0v) is 12.8. The molecule has 0 aromatic heterocycles. The molecule has 7 nitrogen and oxygen atoms in total. The molecular weight excluding hydrogens is 276 g/mol. The van der Waals surface area contributed by atoms with E-state index in [0.717, 1.165) is 0 Å². The highest BCUT2D eigenvalue weighted by Crippen LogP contribution is 2.20. The largest absolute Gasteiger partial charge is 0.480 e. The lowest BCUT2D eigenvalue weighted by Gasteiger charge is -2.33. The van der Waals surface area contributed by atoms with Crippen LogP contribution in [0.25, 0.3) is 0 Å². The number of hydrogen-bond donors (Lipinski definition) is 3. The maximum atomic E-state index is 11.8. The summed E-state index contributed by atoms with van der Waals surface area (Å²) < 4.78 is 10.6. The van der Waals surface area contributed by atoms with E-state index in [1.165, 1.54) is 0 Å². The van der Waals surface area contributed by atoms with Crippen molar-refractivity contribution in [2.45, 2.75) is 38.6 Å². The van der Waals surface area contributed by atoms with Gasteiger partial charge in [-0.1, -0.05) is 13.8 Å². The monoisotopic (exact) mass is 302 g/mol. The minimum atomic E-state index is -1.21. The van der Waals surface area contributed by atoms with Gasteiger partial charge in [0.2, 0.25) is 0 Å². The predicted octanol–water partition coefficient (Wildman–Crippen LogP) is 0.982. The molecule has 0 spiro atoms. The molecule has 122 valence electrons. The van der Waals surface area contributed by atoms with Crippen molar-refractivity contribution in [2.75, 3.05) is 33.0 Å². The SMILES string of the molecule is CC(C)COCCCNC(=O)NC1(C(=O)O)CCOCC1. The molecule has 1 heterocycles. The van der Waals surface area contributed by atoms with Crippen LogP contribution in [0.15, 0.2) is 0 Å². The zero-order chi connectivity index (χ0) is 15.7. The van der Waals surface area contributed by atoms with Gasteiger partial charge in [-0.2, -0.15) is 0 Å². The number of rotatable bonds is 8. The van der Waals surface area contributed by atoms with Crippen molar-refractivity contribution in [3.63, 3.8) is 0 Å². The molecule has 3 N–H and O–H groups in total. The fourth-order valence-electron chi connectivity index (χ4n) is 2.07. The van der Waals surface area contributed by atoms with Gasteiger partial charge >= 0.3 is 12.0 Å². The van der Waals surface area contributed by atoms with E-state index in [0.29, 0.717) is 45.3 Å². The predicted molar refractivity (Wildman–Crippen MR) is 77.2 cm³/mol. The maximum Gasteiger partial charge on any atom is 0.329 e. The highest BCUT2D eigenvalue weighted by molar-refractivity contribution is 5.86. The summed E-state index contributed by atoms with van der Waals surface area (Å²) in [6.07, 6.45) is 1.27. The first kappa shape index (κ1) is 17.7. The van der Waals surface area contributed by atoms with Crippen molar-refractivity contribution < 1.29 is 24.2 Å². The van der Waals surface area contributed by atoms with Gasteiger partial charge in [-0.05, 0) is 12.3 Å². The Morgan fingerprint density at radius 1 is 1.33 bits per heavy atom. The summed E-state index contributed by atoms with van der Waals surface area (Å²) in [5, 5.41) is 14.5. The van der Waals surface area contributed by atoms with E-state index in [1.54, 1.807) is 0 Å². The lowest BCUT2D eigenvalue weighted by molar-refractivity contribution is -0.148. The van der Waals surface area contributed by atoms with Crippen LogP contribution < -0.4 is 10.6 Å². The van der Waals surface area contributed by atoms with E-state index in [4.69, 9.17) is 9.47 Å². The van der Waals surface area contributed by atoms with Crippen LogP contribution in [-0.2, 0) is 14.3 Å². The summed E-state index contributed by atoms with van der Waals surface area (Å²) >= 11 is 0. The van der Waals surface area contributed by atoms with Crippen molar-refractivity contribution in [1.82, 2.24) is 10.6 Å². The third kappa shape index (κ3) is 6.31. The molecule has 0 atom stereocenters. The van der Waals surface area contributed by atoms with E-state index in [9.17, 15) is 14.7 Å². The molecule has 1 aliphatic rings. The van der Waals surface area contributed by atoms with Crippen molar-refractivity contribution >= 4 is 12.0 Å². The fourth-order valence-corrected chi connectivity index (χ4v) is 2.07. The molecule has 0 radical (unpaired) electrons. The van der Waals surface area contributed by atoms with Gasteiger partial charge in [0, 0.05) is 45.8 Å². The van der Waals surface area contributed by atoms with Crippen LogP contribution in [0, 0.1) is 5.92 Å². The van der Waals surface area contributed by atoms with Gasteiger partial charge in [-0.15, -0.1) is 0 Å². The second kappa shape index (κ2) is 8.84. The van der Waals surface area contributed by atoms with E-state index in [2.05, 4.69) is 24.5 Å². The summed E-state index contributed by atoms with van der Waals surface area (Å²) in [7, 11) is 0. The lowest BCUT2D eigenvalue weighted by atomic mass is 9.90. The van der Waals surface area contributed by atoms with Crippen molar-refractivity contribution in [3.8, 4) is 0 Å². The molecule has 1 aliphatic heterocycles. The number of amides is 2. The van der Waals surface area contributed by atoms with E-state index in [1.807, 2.05) is 0 Å². The summed E-state index contributed by atoms with van der Waals surface area (Å²) in [5.74, 6) is -0.522. The normalized spacial score (nSPS) is 17.5. The second-order valence-electron chi connectivity index (χ2n) is 5.70. The first-order chi connectivity index (χ1) is 9.96. The van der Waals surface area contributed by atoms with Crippen LogP contribution in [0.5, 0.6) is 0 Å². The molecule has 0 aliphatic carbocycles. The number of carbonyl (C=O) groups excluding carboxylic acids is 1. The van der Waals surface area contributed by atoms with Crippen LogP contribution in [0.4, 0.5) is 4.79 Å². The molecule has 1 rings (SSSR count). The second-order valence-corrected chi connectivity index (χ2v) is 5.70. The first-order valence-electron chi connectivity index (χ1n) is 7.41. The summed E-state index contributed by atoms with van der Waals surface area (Å²) in [6, 6.07) is -0.455. The number of urea groups is 1. The van der Waals surface area contributed by atoms with Gasteiger partial charge in [0.25, 0.3) is 0 Å². The lowest BCUT2D eigenvalue weighted by Crippen LogP contribution is -2.59. The number of nitrogens with one attached hydrogen (secondary N) is 2. The highest BCUT2D eigenvalue weighted by Gasteiger charge is 2.41. The number of hydrogen-bond acceptors (Lipinski definition) is 4. The molecular formula is C14H26N2O5. The Balaban J connectivity index is 2.24. The molecule has 21 heavy (non-hydrogen) atoms. The molecule has 1 fully saturated rings. The molecule has 7 heteroatoms. The zero-order valence-electron chi connectivity index (χ0n) is 12.8. The van der Waals surface area contributed by atoms with Gasteiger partial charge < -0.3 is 25.2 Å². The third-order valence-corrected chi connectivity index (χ3v) is 3.31. The van der Waals surface area contributed by atoms with Gasteiger partial charge in [0.05, 0.1) is 0 Å². The molecule has 0 aromatic rings. The minimum absolute atomic E-state index is 0.285. The first-order valence-corrected chi connectivity index (χ1v) is 7.41. The summed E-state index contributed by atoms with van der Waals surface area (Å²) in [4.78, 5) is 23.2. The van der Waals surface area contributed by atoms with Gasteiger partial charge in [-0.3, -0.25) is 0 Å². The third-order valence-electron chi connectivity index (χ3n) is 3.31. The molecule has 0 saturated carbocycles. The quantitative estimate of drug-likeness (QED) is 0.581. The van der Waals surface area contributed by atoms with Gasteiger partial charge in [0.1, 0.15) is 5.54 Å². The molecule has 1 saturated heterocycles. The number of aliphatic carboxylic acids is 1. The minimum Gasteiger partial charge on any atom is -0.480 e. The van der Waals surface area contributed by atoms with Gasteiger partial charge in [0.15, 0.2) is 0 Å². The maximum absolute atomic E-state index is 11.8. The number of carboxylic acid groups (broad SMARTS) is 1. The Bertz CT molecular complexity index is 340. The molecule has 0 aromatic carbocycles. The van der Waals surface area contributed by atoms with Crippen LogP contribution in [-0.4, -0.2) is 55.6 Å². The average Bonchev–Trinajstić information content (AvgIpc) is 2.43. The Morgan fingerprint density at radius 3 is 2.57 bits per heavy atom. The Hall–Kier alpha value is -1.34. The van der Waals surface area contributed by atoms with Crippen LogP contribution in [0.1, 0.15) is 33.1 Å². The molecule has 0 bridgehead atoms. The molecule has 2 amide bonds. The van der Waals surface area contributed by atoms with Crippen LogP contribution in [0.3, 0.4) is 0 Å². The highest BCUT2D eigenvalue weighted by atomic mass is 16.5. The van der Waals surface area contributed by atoms with Crippen molar-refractivity contribution in [2.24, 2.45) is 5.92 Å². The van der Waals surface area contributed by atoms with Crippen LogP contribution >= 0.6 is 0 Å². The Kier molecular flexibility index (Phi) is 7.45. The van der Waals surface area contributed by atoms with E-state index in [-0.39, 0.29) is 12.8 Å². The van der Waals surface area contributed by atoms with Crippen LogP contribution in [0.2, 0.25) is 0 Å². The van der Waals surface area contributed by atoms with E-state index < -0.39 is 17.5 Å². The Morgan fingerprint density at radius 2 is 2.00 bits per heavy atom. The number of carbonyl (C=O) groups is 2. The van der Waals surface area contributed by atoms with Crippen molar-refractivity contribution in [1.29, 1.82) is 0 Å². The smallest absolute Gasteiger partial charge is 0.329 e. The molecule has 0 unspecified atom stereocenters. The summed E-state index contributed by atoms with van der Waals surface area (Å²) in [5.41, 5.74) is -1.21. The number of carboxylic acids is 1. The standard InChI is InChI=1S/C14H26N2O5/c1-11(2)10-21-7-3-6-15-13(19)16-14(12(17)18)4-8-20-9-5-14/h11H,3-10H2,1-2H3,(H,17,18)(H2,15,16,19). The number of ether oxygens (including phenoxy) is 2. The Labute approximate surface area is 125 Å². The topological polar surface area (TPSA) is 96.9 Å². The average molecular weight is 302 g/mol. The summed E-state index contributed by atoms with van der Waals surface area (Å²) in [6.45, 7) is 6.57. The van der Waals surface area contributed by atoms with Crippen molar-refractivity contribution in [3.05, 3.63) is 0 Å². The van der Waals surface area contributed by atoms with Gasteiger partial charge in [-0.25, -0.2) is 9.59 Å². The van der Waals surface area contributed by atoms with E-state index >= 15 is 0 Å².